The Morgan fingerprint density at radius 3 is 2.00 bits per heavy atom. The lowest BCUT2D eigenvalue weighted by Gasteiger charge is -2.06. The van der Waals surface area contributed by atoms with E-state index in [4.69, 9.17) is 0 Å². The number of unbranched alkanes of at least 4 members (excludes halogenated alkanes) is 10. The first-order valence-corrected chi connectivity index (χ1v) is 9.73. The highest BCUT2D eigenvalue weighted by molar-refractivity contribution is 5.86. The molecule has 0 spiro atoms. The van der Waals surface area contributed by atoms with E-state index < -0.39 is 0 Å². The standard InChI is InChI=1S/C23H33/c1-2-3-4-5-6-7-8-9-10-11-12-16-21-18-15-19-22-17-13-14-20-23(21)22/h13-20H,2-12H2,1H3. The average Bonchev–Trinajstić information content (AvgIpc) is 2.60. The van der Waals surface area contributed by atoms with Crippen LogP contribution in [-0.2, 0) is 0 Å². The van der Waals surface area contributed by atoms with Crippen molar-refractivity contribution in [3.63, 3.8) is 0 Å². The Morgan fingerprint density at radius 2 is 1.26 bits per heavy atom. The van der Waals surface area contributed by atoms with E-state index in [0.29, 0.717) is 0 Å². The van der Waals surface area contributed by atoms with Crippen molar-refractivity contribution >= 4 is 10.8 Å². The quantitative estimate of drug-likeness (QED) is 0.352. The first kappa shape index (κ1) is 18.0. The van der Waals surface area contributed by atoms with Gasteiger partial charge in [0, 0.05) is 0 Å². The van der Waals surface area contributed by atoms with Crippen LogP contribution in [0.1, 0.15) is 83.1 Å². The third-order valence-corrected chi connectivity index (χ3v) is 4.75. The lowest BCUT2D eigenvalue weighted by Crippen LogP contribution is -1.86. The highest BCUT2D eigenvalue weighted by atomic mass is 14.1. The van der Waals surface area contributed by atoms with Crippen LogP contribution in [0.15, 0.2) is 42.5 Å². The Hall–Kier alpha value is -1.30. The van der Waals surface area contributed by atoms with Crippen LogP contribution >= 0.6 is 0 Å². The summed E-state index contributed by atoms with van der Waals surface area (Å²) in [5.41, 5.74) is 1.40. The second-order valence-corrected chi connectivity index (χ2v) is 6.74. The van der Waals surface area contributed by atoms with Crippen molar-refractivity contribution in [2.45, 2.75) is 77.6 Å². The Kier molecular flexibility index (Phi) is 8.84. The second-order valence-electron chi connectivity index (χ2n) is 6.74. The van der Waals surface area contributed by atoms with Gasteiger partial charge in [-0.3, -0.25) is 0 Å². The molecule has 2 aromatic rings. The number of benzene rings is 2. The minimum Gasteiger partial charge on any atom is -0.0654 e. The van der Waals surface area contributed by atoms with E-state index in [0.717, 1.165) is 0 Å². The van der Waals surface area contributed by atoms with Crippen molar-refractivity contribution in [1.82, 2.24) is 0 Å². The summed E-state index contributed by atoms with van der Waals surface area (Å²) in [4.78, 5) is 0. The molecule has 0 N–H and O–H groups in total. The van der Waals surface area contributed by atoms with Crippen LogP contribution in [0.5, 0.6) is 0 Å². The molecule has 0 amide bonds. The van der Waals surface area contributed by atoms with Crippen molar-refractivity contribution in [1.29, 1.82) is 0 Å². The van der Waals surface area contributed by atoms with Gasteiger partial charge < -0.3 is 0 Å². The second kappa shape index (κ2) is 11.3. The minimum absolute atomic E-state index is 1.21. The zero-order valence-corrected chi connectivity index (χ0v) is 14.9. The monoisotopic (exact) mass is 309 g/mol. The van der Waals surface area contributed by atoms with Gasteiger partial charge in [0.25, 0.3) is 0 Å². The summed E-state index contributed by atoms with van der Waals surface area (Å²) in [7, 11) is 0. The maximum absolute atomic E-state index is 2.42. The van der Waals surface area contributed by atoms with Crippen LogP contribution in [0.25, 0.3) is 10.8 Å². The van der Waals surface area contributed by atoms with Gasteiger partial charge >= 0.3 is 0 Å². The molecule has 0 bridgehead atoms. The van der Waals surface area contributed by atoms with Crippen molar-refractivity contribution in [3.05, 3.63) is 54.4 Å². The molecule has 0 aliphatic carbocycles. The van der Waals surface area contributed by atoms with E-state index in [1.54, 1.807) is 0 Å². The highest BCUT2D eigenvalue weighted by Crippen LogP contribution is 2.22. The number of hydrogen-bond acceptors (Lipinski definition) is 0. The predicted molar refractivity (Wildman–Crippen MR) is 104 cm³/mol. The molecule has 23 heavy (non-hydrogen) atoms. The van der Waals surface area contributed by atoms with Gasteiger partial charge in [0.15, 0.2) is 0 Å². The molecule has 0 aliphatic heterocycles. The van der Waals surface area contributed by atoms with Crippen molar-refractivity contribution in [2.75, 3.05) is 0 Å². The van der Waals surface area contributed by atoms with Gasteiger partial charge in [-0.25, -0.2) is 0 Å². The van der Waals surface area contributed by atoms with E-state index in [-0.39, 0.29) is 0 Å². The first-order valence-electron chi connectivity index (χ1n) is 9.73. The summed E-state index contributed by atoms with van der Waals surface area (Å²) < 4.78 is 0. The summed E-state index contributed by atoms with van der Waals surface area (Å²) in [6.45, 7) is 2.29. The molecule has 0 unspecified atom stereocenters. The first-order chi connectivity index (χ1) is 11.4. The van der Waals surface area contributed by atoms with Gasteiger partial charge in [0.1, 0.15) is 0 Å². The van der Waals surface area contributed by atoms with E-state index >= 15 is 0 Å². The summed E-state index contributed by atoms with van der Waals surface area (Å²) in [5.74, 6) is 0. The molecule has 0 nitrogen and oxygen atoms in total. The molecular formula is C23H33. The molecule has 125 valence electrons. The zero-order valence-electron chi connectivity index (χ0n) is 14.9. The fraction of sp³-hybridized carbons (Fsp3) is 0.522. The fourth-order valence-corrected chi connectivity index (χ4v) is 3.32. The van der Waals surface area contributed by atoms with Crippen molar-refractivity contribution in [2.24, 2.45) is 0 Å². The van der Waals surface area contributed by atoms with Crippen LogP contribution in [0.4, 0.5) is 0 Å². The van der Waals surface area contributed by atoms with Crippen LogP contribution in [-0.4, -0.2) is 0 Å². The topological polar surface area (TPSA) is 0 Å². The maximum Gasteiger partial charge on any atom is -0.00867 e. The SMILES string of the molecule is CCCCCCCCCCCC[CH]c1cccc2ccccc12. The Balaban J connectivity index is 1.54. The number of fused-ring (bicyclic) bond motifs is 1. The Bertz CT molecular complexity index is 535. The molecule has 2 aromatic carbocycles. The Morgan fingerprint density at radius 1 is 0.652 bits per heavy atom. The summed E-state index contributed by atoms with van der Waals surface area (Å²) in [6.07, 6.45) is 17.7. The molecule has 0 fully saturated rings. The predicted octanol–water partition coefficient (Wildman–Crippen LogP) is 7.70. The molecular weight excluding hydrogens is 276 g/mol. The zero-order chi connectivity index (χ0) is 16.2. The molecule has 0 heteroatoms. The van der Waals surface area contributed by atoms with E-state index in [1.165, 1.54) is 87.0 Å². The molecule has 0 aliphatic rings. The smallest absolute Gasteiger partial charge is 0.00867 e. The lowest BCUT2D eigenvalue weighted by atomic mass is 9.99. The number of hydrogen-bond donors (Lipinski definition) is 0. The van der Waals surface area contributed by atoms with Crippen LogP contribution < -0.4 is 0 Å². The third kappa shape index (κ3) is 6.77. The normalized spacial score (nSPS) is 11.2. The van der Waals surface area contributed by atoms with Crippen molar-refractivity contribution < 1.29 is 0 Å². The van der Waals surface area contributed by atoms with Gasteiger partial charge in [0.2, 0.25) is 0 Å². The summed E-state index contributed by atoms with van der Waals surface area (Å²) >= 11 is 0. The van der Waals surface area contributed by atoms with Gasteiger partial charge in [-0.15, -0.1) is 0 Å². The van der Waals surface area contributed by atoms with E-state index in [1.807, 2.05) is 0 Å². The van der Waals surface area contributed by atoms with Crippen molar-refractivity contribution in [3.8, 4) is 0 Å². The molecule has 0 saturated carbocycles. The van der Waals surface area contributed by atoms with Gasteiger partial charge in [-0.1, -0.05) is 114 Å². The largest absolute Gasteiger partial charge is 0.0654 e. The molecule has 0 heterocycles. The molecule has 2 rings (SSSR count). The van der Waals surface area contributed by atoms with E-state index in [2.05, 4.69) is 55.8 Å². The summed E-state index contributed by atoms with van der Waals surface area (Å²) in [6, 6.07) is 15.3. The van der Waals surface area contributed by atoms with E-state index in [9.17, 15) is 0 Å². The molecule has 0 atom stereocenters. The van der Waals surface area contributed by atoms with Gasteiger partial charge in [0.05, 0.1) is 0 Å². The lowest BCUT2D eigenvalue weighted by molar-refractivity contribution is 0.556. The minimum atomic E-state index is 1.21. The molecule has 1 radical (unpaired) electrons. The maximum atomic E-state index is 2.42. The van der Waals surface area contributed by atoms with Crippen LogP contribution in [0.3, 0.4) is 0 Å². The van der Waals surface area contributed by atoms with Gasteiger partial charge in [-0.2, -0.15) is 0 Å². The molecule has 0 aromatic heterocycles. The number of rotatable bonds is 12. The summed E-state index contributed by atoms with van der Waals surface area (Å²) in [5, 5.41) is 2.74. The third-order valence-electron chi connectivity index (χ3n) is 4.75. The Labute approximate surface area is 143 Å². The van der Waals surface area contributed by atoms with Gasteiger partial charge in [-0.05, 0) is 29.2 Å². The molecule has 0 saturated heterocycles. The van der Waals surface area contributed by atoms with Crippen LogP contribution in [0, 0.1) is 6.42 Å². The highest BCUT2D eigenvalue weighted by Gasteiger charge is 2.00. The van der Waals surface area contributed by atoms with Crippen LogP contribution in [0.2, 0.25) is 0 Å². The average molecular weight is 310 g/mol. The fourth-order valence-electron chi connectivity index (χ4n) is 3.32.